The van der Waals surface area contributed by atoms with Crippen LogP contribution in [0.25, 0.3) is 0 Å². The van der Waals surface area contributed by atoms with E-state index in [1.807, 2.05) is 0 Å². The molecule has 0 heterocycles. The van der Waals surface area contributed by atoms with Crippen molar-refractivity contribution < 1.29 is 21.6 Å². The molecule has 0 unspecified atom stereocenters. The van der Waals surface area contributed by atoms with E-state index < -0.39 is 27.3 Å². The molecule has 1 aromatic carbocycles. The van der Waals surface area contributed by atoms with Crippen molar-refractivity contribution in [3.8, 4) is 0 Å². The Hall–Kier alpha value is -1.08. The molecule has 0 saturated carbocycles. The predicted octanol–water partition coefficient (Wildman–Crippen LogP) is 1.24. The minimum atomic E-state index is -3.09. The van der Waals surface area contributed by atoms with Gasteiger partial charge in [-0.2, -0.15) is 0 Å². The Balaban J connectivity index is 2.55. The van der Waals surface area contributed by atoms with E-state index in [2.05, 4.69) is 5.32 Å². The number of halogens is 3. The first-order valence-electron chi connectivity index (χ1n) is 4.81. The third-order valence-electron chi connectivity index (χ3n) is 2.05. The second-order valence-electron chi connectivity index (χ2n) is 3.66. The van der Waals surface area contributed by atoms with Crippen molar-refractivity contribution in [1.82, 2.24) is 5.32 Å². The molecular formula is C10H12F3NO2S. The minimum Gasteiger partial charge on any atom is -0.312 e. The van der Waals surface area contributed by atoms with Gasteiger partial charge >= 0.3 is 0 Å². The zero-order chi connectivity index (χ0) is 13.1. The topological polar surface area (TPSA) is 46.2 Å². The molecule has 0 bridgehead atoms. The van der Waals surface area contributed by atoms with E-state index in [4.69, 9.17) is 0 Å². The Morgan fingerprint density at radius 2 is 1.71 bits per heavy atom. The van der Waals surface area contributed by atoms with Crippen LogP contribution in [-0.2, 0) is 16.4 Å². The normalized spacial score (nSPS) is 11.8. The SMILES string of the molecule is CS(=O)(=O)CCNCc1cc(F)c(F)cc1F. The lowest BCUT2D eigenvalue weighted by Crippen LogP contribution is -2.22. The minimum absolute atomic E-state index is 0.0441. The molecule has 0 aliphatic rings. The monoisotopic (exact) mass is 267 g/mol. The van der Waals surface area contributed by atoms with Crippen LogP contribution in [0, 0.1) is 17.5 Å². The summed E-state index contributed by atoms with van der Waals surface area (Å²) >= 11 is 0. The molecule has 0 spiro atoms. The van der Waals surface area contributed by atoms with Crippen molar-refractivity contribution in [3.63, 3.8) is 0 Å². The quantitative estimate of drug-likeness (QED) is 0.645. The summed E-state index contributed by atoms with van der Waals surface area (Å²) in [6, 6.07) is 1.21. The lowest BCUT2D eigenvalue weighted by Gasteiger charge is -2.06. The maximum atomic E-state index is 13.1. The average Bonchev–Trinajstić information content (AvgIpc) is 2.18. The zero-order valence-corrected chi connectivity index (χ0v) is 9.95. The molecule has 0 fully saturated rings. The van der Waals surface area contributed by atoms with E-state index in [0.29, 0.717) is 6.07 Å². The molecule has 0 aliphatic carbocycles. The lowest BCUT2D eigenvalue weighted by atomic mass is 10.2. The lowest BCUT2D eigenvalue weighted by molar-refractivity contribution is 0.487. The molecule has 1 rings (SSSR count). The Morgan fingerprint density at radius 1 is 1.12 bits per heavy atom. The molecule has 0 radical (unpaired) electrons. The smallest absolute Gasteiger partial charge is 0.161 e. The summed E-state index contributed by atoms with van der Waals surface area (Å²) in [5.41, 5.74) is -0.0441. The highest BCUT2D eigenvalue weighted by molar-refractivity contribution is 7.90. The second kappa shape index (κ2) is 5.50. The first kappa shape index (κ1) is 14.0. The van der Waals surface area contributed by atoms with Gasteiger partial charge in [0.05, 0.1) is 5.75 Å². The summed E-state index contributed by atoms with van der Waals surface area (Å²) in [6.45, 7) is 0.0653. The standard InChI is InChI=1S/C10H12F3NO2S/c1-17(15,16)3-2-14-6-7-4-9(12)10(13)5-8(7)11/h4-5,14H,2-3,6H2,1H3. The van der Waals surface area contributed by atoms with E-state index in [0.717, 1.165) is 12.3 Å². The van der Waals surface area contributed by atoms with E-state index in [-0.39, 0.29) is 24.4 Å². The van der Waals surface area contributed by atoms with E-state index in [1.165, 1.54) is 0 Å². The van der Waals surface area contributed by atoms with Crippen molar-refractivity contribution >= 4 is 9.84 Å². The van der Waals surface area contributed by atoms with Crippen molar-refractivity contribution in [2.75, 3.05) is 18.6 Å². The van der Waals surface area contributed by atoms with Crippen LogP contribution in [0.1, 0.15) is 5.56 Å². The molecule has 0 saturated heterocycles. The molecule has 1 aromatic rings. The fourth-order valence-corrected chi connectivity index (χ4v) is 1.69. The third-order valence-corrected chi connectivity index (χ3v) is 3.00. The van der Waals surface area contributed by atoms with Gasteiger partial charge in [-0.25, -0.2) is 21.6 Å². The summed E-state index contributed by atoms with van der Waals surface area (Å²) in [5.74, 6) is -3.34. The van der Waals surface area contributed by atoms with E-state index in [9.17, 15) is 21.6 Å². The van der Waals surface area contributed by atoms with Crippen LogP contribution < -0.4 is 5.32 Å². The van der Waals surface area contributed by atoms with Gasteiger partial charge in [-0.3, -0.25) is 0 Å². The Kier molecular flexibility index (Phi) is 4.53. The van der Waals surface area contributed by atoms with Crippen LogP contribution in [0.3, 0.4) is 0 Å². The van der Waals surface area contributed by atoms with Gasteiger partial charge < -0.3 is 5.32 Å². The maximum Gasteiger partial charge on any atom is 0.161 e. The van der Waals surface area contributed by atoms with Crippen LogP contribution in [-0.4, -0.2) is 27.0 Å². The molecule has 1 N–H and O–H groups in total. The summed E-state index contributed by atoms with van der Waals surface area (Å²) in [6.07, 6.45) is 1.08. The van der Waals surface area contributed by atoms with Crippen molar-refractivity contribution in [1.29, 1.82) is 0 Å². The highest BCUT2D eigenvalue weighted by Gasteiger charge is 2.09. The first-order chi connectivity index (χ1) is 7.79. The number of nitrogens with one attached hydrogen (secondary N) is 1. The summed E-state index contributed by atoms with van der Waals surface area (Å²) < 4.78 is 60.1. The zero-order valence-electron chi connectivity index (χ0n) is 9.13. The molecular weight excluding hydrogens is 255 g/mol. The average molecular weight is 267 g/mol. The number of rotatable bonds is 5. The highest BCUT2D eigenvalue weighted by atomic mass is 32.2. The van der Waals surface area contributed by atoms with Gasteiger partial charge in [0.15, 0.2) is 11.6 Å². The largest absolute Gasteiger partial charge is 0.312 e. The Labute approximate surface area is 97.6 Å². The van der Waals surface area contributed by atoms with Gasteiger partial charge in [0.1, 0.15) is 15.7 Å². The molecule has 3 nitrogen and oxygen atoms in total. The van der Waals surface area contributed by atoms with Gasteiger partial charge in [-0.1, -0.05) is 0 Å². The summed E-state index contributed by atoms with van der Waals surface area (Å²) in [7, 11) is -3.09. The molecule has 0 aliphatic heterocycles. The molecule has 0 amide bonds. The van der Waals surface area contributed by atoms with Gasteiger partial charge in [-0.15, -0.1) is 0 Å². The highest BCUT2D eigenvalue weighted by Crippen LogP contribution is 2.13. The molecule has 0 aromatic heterocycles. The summed E-state index contributed by atoms with van der Waals surface area (Å²) in [5, 5.41) is 2.64. The van der Waals surface area contributed by atoms with Crippen LogP contribution in [0.4, 0.5) is 13.2 Å². The second-order valence-corrected chi connectivity index (χ2v) is 5.92. The Morgan fingerprint density at radius 3 is 2.29 bits per heavy atom. The van der Waals surface area contributed by atoms with E-state index >= 15 is 0 Å². The van der Waals surface area contributed by atoms with Crippen LogP contribution in [0.2, 0.25) is 0 Å². The van der Waals surface area contributed by atoms with Gasteiger partial charge in [0, 0.05) is 31.0 Å². The van der Waals surface area contributed by atoms with Gasteiger partial charge in [0.25, 0.3) is 0 Å². The molecule has 96 valence electrons. The maximum absolute atomic E-state index is 13.1. The number of hydrogen-bond acceptors (Lipinski definition) is 3. The molecule has 17 heavy (non-hydrogen) atoms. The fraction of sp³-hybridized carbons (Fsp3) is 0.400. The fourth-order valence-electron chi connectivity index (χ4n) is 1.18. The van der Waals surface area contributed by atoms with Crippen molar-refractivity contribution in [2.24, 2.45) is 0 Å². The third kappa shape index (κ3) is 4.74. The Bertz CT molecular complexity index is 503. The predicted molar refractivity (Wildman–Crippen MR) is 57.7 cm³/mol. The van der Waals surface area contributed by atoms with Crippen molar-refractivity contribution in [2.45, 2.75) is 6.54 Å². The molecule has 7 heteroatoms. The van der Waals surface area contributed by atoms with Crippen molar-refractivity contribution in [3.05, 3.63) is 35.1 Å². The number of hydrogen-bond donors (Lipinski definition) is 1. The first-order valence-corrected chi connectivity index (χ1v) is 6.87. The molecule has 0 atom stereocenters. The van der Waals surface area contributed by atoms with Gasteiger partial charge in [0.2, 0.25) is 0 Å². The van der Waals surface area contributed by atoms with Gasteiger partial charge in [-0.05, 0) is 6.07 Å². The van der Waals surface area contributed by atoms with Crippen LogP contribution in [0.5, 0.6) is 0 Å². The van der Waals surface area contributed by atoms with E-state index in [1.54, 1.807) is 0 Å². The number of sulfone groups is 1. The van der Waals surface area contributed by atoms with Crippen LogP contribution in [0.15, 0.2) is 12.1 Å². The summed E-state index contributed by atoms with van der Waals surface area (Å²) in [4.78, 5) is 0. The van der Waals surface area contributed by atoms with Crippen LogP contribution >= 0.6 is 0 Å². The number of benzene rings is 1.